The molecule has 0 fully saturated rings. The summed E-state index contributed by atoms with van der Waals surface area (Å²) in [4.78, 5) is 22.7. The second-order valence-electron chi connectivity index (χ2n) is 3.72. The third-order valence-electron chi connectivity index (χ3n) is 2.34. The average molecular weight is 255 g/mol. The molecule has 0 saturated heterocycles. The first-order chi connectivity index (χ1) is 8.08. The fourth-order valence-electron chi connectivity index (χ4n) is 1.55. The smallest absolute Gasteiger partial charge is 0.338 e. The fraction of sp³-hybridized carbons (Fsp3) is 0.385. The van der Waals surface area contributed by atoms with E-state index >= 15 is 0 Å². The van der Waals surface area contributed by atoms with Gasteiger partial charge in [-0.05, 0) is 31.0 Å². The van der Waals surface area contributed by atoms with Crippen molar-refractivity contribution in [3.63, 3.8) is 0 Å². The molecule has 3 nitrogen and oxygen atoms in total. The molecule has 0 unspecified atom stereocenters. The van der Waals surface area contributed by atoms with Gasteiger partial charge in [-0.3, -0.25) is 4.79 Å². The molecule has 0 heterocycles. The Morgan fingerprint density at radius 2 is 2.06 bits per heavy atom. The monoisotopic (exact) mass is 254 g/mol. The molecule has 0 atom stereocenters. The number of carbonyl (C=O) groups excluding carboxylic acids is 2. The molecule has 0 aliphatic carbocycles. The fourth-order valence-corrected chi connectivity index (χ4v) is 1.64. The highest BCUT2D eigenvalue weighted by molar-refractivity contribution is 6.27. The lowest BCUT2D eigenvalue weighted by molar-refractivity contribution is -0.116. The zero-order chi connectivity index (χ0) is 12.8. The molecule has 4 heteroatoms. The van der Waals surface area contributed by atoms with Crippen LogP contribution in [0.15, 0.2) is 18.2 Å². The Morgan fingerprint density at radius 3 is 2.59 bits per heavy atom. The van der Waals surface area contributed by atoms with Crippen LogP contribution in [0.1, 0.15) is 28.4 Å². The van der Waals surface area contributed by atoms with Crippen LogP contribution in [0.4, 0.5) is 0 Å². The molecule has 17 heavy (non-hydrogen) atoms. The van der Waals surface area contributed by atoms with Gasteiger partial charge in [0.15, 0.2) is 5.78 Å². The van der Waals surface area contributed by atoms with Crippen LogP contribution in [0, 0.1) is 6.92 Å². The quantitative estimate of drug-likeness (QED) is 0.599. The van der Waals surface area contributed by atoms with E-state index in [4.69, 9.17) is 16.3 Å². The largest absolute Gasteiger partial charge is 0.462 e. The molecule has 92 valence electrons. The molecule has 0 aliphatic heterocycles. The Balaban J connectivity index is 2.86. The molecule has 0 N–H and O–H groups in total. The van der Waals surface area contributed by atoms with Crippen molar-refractivity contribution in [2.75, 3.05) is 12.5 Å². The first-order valence-electron chi connectivity index (χ1n) is 5.42. The third kappa shape index (κ3) is 3.86. The van der Waals surface area contributed by atoms with Gasteiger partial charge in [-0.1, -0.05) is 12.1 Å². The van der Waals surface area contributed by atoms with E-state index in [1.165, 1.54) is 0 Å². The Bertz CT molecular complexity index is 427. The van der Waals surface area contributed by atoms with Crippen LogP contribution >= 0.6 is 11.6 Å². The van der Waals surface area contributed by atoms with Crippen LogP contribution < -0.4 is 0 Å². The summed E-state index contributed by atoms with van der Waals surface area (Å²) in [5.41, 5.74) is 2.21. The van der Waals surface area contributed by atoms with E-state index in [1.54, 1.807) is 19.1 Å². The van der Waals surface area contributed by atoms with Crippen molar-refractivity contribution in [1.82, 2.24) is 0 Å². The van der Waals surface area contributed by atoms with Gasteiger partial charge in [0.2, 0.25) is 0 Å². The van der Waals surface area contributed by atoms with Crippen molar-refractivity contribution in [2.45, 2.75) is 20.3 Å². The van der Waals surface area contributed by atoms with Gasteiger partial charge in [-0.2, -0.15) is 0 Å². The van der Waals surface area contributed by atoms with Crippen molar-refractivity contribution in [3.05, 3.63) is 34.9 Å². The number of hydrogen-bond acceptors (Lipinski definition) is 3. The van der Waals surface area contributed by atoms with Crippen molar-refractivity contribution >= 4 is 23.4 Å². The summed E-state index contributed by atoms with van der Waals surface area (Å²) in [5.74, 6) is -0.353. The molecule has 0 amide bonds. The first kappa shape index (κ1) is 13.7. The lowest BCUT2D eigenvalue weighted by Crippen LogP contribution is -2.08. The third-order valence-corrected chi connectivity index (χ3v) is 2.63. The number of aryl methyl sites for hydroxylation is 1. The van der Waals surface area contributed by atoms with Gasteiger partial charge in [-0.15, -0.1) is 11.6 Å². The Morgan fingerprint density at radius 1 is 1.35 bits per heavy atom. The molecule has 0 spiro atoms. The molecule has 1 aromatic carbocycles. The summed E-state index contributed by atoms with van der Waals surface area (Å²) in [6, 6.07) is 5.25. The average Bonchev–Trinajstić information content (AvgIpc) is 2.29. The minimum Gasteiger partial charge on any atom is -0.462 e. The molecule has 0 saturated carbocycles. The molecular formula is C13H15ClO3. The molecule has 0 aromatic heterocycles. The lowest BCUT2D eigenvalue weighted by Gasteiger charge is -2.07. The highest BCUT2D eigenvalue weighted by Crippen LogP contribution is 2.13. The standard InChI is InChI=1S/C13H15ClO3/c1-3-17-13(16)12-5-4-10(6-9(12)2)7-11(15)8-14/h4-6H,3,7-8H2,1-2H3. The SMILES string of the molecule is CCOC(=O)c1ccc(CC(=O)CCl)cc1C. The zero-order valence-electron chi connectivity index (χ0n) is 9.96. The maximum atomic E-state index is 11.5. The van der Waals surface area contributed by atoms with Gasteiger partial charge < -0.3 is 4.74 Å². The number of rotatable bonds is 5. The number of Topliss-reactive ketones (excluding diaryl/α,β-unsaturated/α-hetero) is 1. The van der Waals surface area contributed by atoms with E-state index in [0.717, 1.165) is 11.1 Å². The topological polar surface area (TPSA) is 43.4 Å². The van der Waals surface area contributed by atoms with E-state index in [9.17, 15) is 9.59 Å². The van der Waals surface area contributed by atoms with Gasteiger partial charge >= 0.3 is 5.97 Å². The molecule has 0 bridgehead atoms. The first-order valence-corrected chi connectivity index (χ1v) is 5.96. The van der Waals surface area contributed by atoms with Crippen LogP contribution in [-0.2, 0) is 16.0 Å². The highest BCUT2D eigenvalue weighted by atomic mass is 35.5. The van der Waals surface area contributed by atoms with E-state index in [1.807, 2.05) is 13.0 Å². The number of esters is 1. The minimum absolute atomic E-state index is 0.0126. The van der Waals surface area contributed by atoms with Gasteiger partial charge in [-0.25, -0.2) is 4.79 Å². The number of ketones is 1. The van der Waals surface area contributed by atoms with Crippen LogP contribution in [0.25, 0.3) is 0 Å². The Labute approximate surface area is 106 Å². The number of halogens is 1. The van der Waals surface area contributed by atoms with Gasteiger partial charge in [0.05, 0.1) is 18.1 Å². The number of alkyl halides is 1. The van der Waals surface area contributed by atoms with Crippen molar-refractivity contribution in [1.29, 1.82) is 0 Å². The van der Waals surface area contributed by atoms with Crippen LogP contribution in [-0.4, -0.2) is 24.2 Å². The zero-order valence-corrected chi connectivity index (χ0v) is 10.7. The predicted octanol–water partition coefficient (Wildman–Crippen LogP) is 2.52. The van der Waals surface area contributed by atoms with Gasteiger partial charge in [0.25, 0.3) is 0 Å². The normalized spacial score (nSPS) is 10.1. The van der Waals surface area contributed by atoms with Crippen LogP contribution in [0.2, 0.25) is 0 Å². The second kappa shape index (κ2) is 6.40. The maximum absolute atomic E-state index is 11.5. The molecular weight excluding hydrogens is 240 g/mol. The van der Waals surface area contributed by atoms with E-state index in [2.05, 4.69) is 0 Å². The Kier molecular flexibility index (Phi) is 5.16. The lowest BCUT2D eigenvalue weighted by atomic mass is 10.0. The molecule has 1 aromatic rings. The number of benzene rings is 1. The highest BCUT2D eigenvalue weighted by Gasteiger charge is 2.11. The molecule has 1 rings (SSSR count). The molecule has 0 aliphatic rings. The van der Waals surface area contributed by atoms with Crippen molar-refractivity contribution in [2.24, 2.45) is 0 Å². The van der Waals surface area contributed by atoms with Crippen LogP contribution in [0.5, 0.6) is 0 Å². The number of ether oxygens (including phenoxy) is 1. The summed E-state index contributed by atoms with van der Waals surface area (Å²) >= 11 is 5.44. The van der Waals surface area contributed by atoms with Crippen molar-refractivity contribution < 1.29 is 14.3 Å². The predicted molar refractivity (Wildman–Crippen MR) is 66.6 cm³/mol. The van der Waals surface area contributed by atoms with Gasteiger partial charge in [0.1, 0.15) is 0 Å². The summed E-state index contributed by atoms with van der Waals surface area (Å²) in [6.07, 6.45) is 0.299. The van der Waals surface area contributed by atoms with E-state index in [-0.39, 0.29) is 17.6 Å². The summed E-state index contributed by atoms with van der Waals surface area (Å²) in [6.45, 7) is 3.94. The van der Waals surface area contributed by atoms with E-state index in [0.29, 0.717) is 18.6 Å². The van der Waals surface area contributed by atoms with Crippen molar-refractivity contribution in [3.8, 4) is 0 Å². The van der Waals surface area contributed by atoms with Gasteiger partial charge in [0, 0.05) is 6.42 Å². The summed E-state index contributed by atoms with van der Waals surface area (Å²) < 4.78 is 4.92. The maximum Gasteiger partial charge on any atom is 0.338 e. The minimum atomic E-state index is -0.333. The molecule has 0 radical (unpaired) electrons. The summed E-state index contributed by atoms with van der Waals surface area (Å²) in [5, 5.41) is 0. The second-order valence-corrected chi connectivity index (χ2v) is 3.99. The number of hydrogen-bond donors (Lipinski definition) is 0. The summed E-state index contributed by atoms with van der Waals surface area (Å²) in [7, 11) is 0. The van der Waals surface area contributed by atoms with Crippen LogP contribution in [0.3, 0.4) is 0 Å². The van der Waals surface area contributed by atoms with E-state index < -0.39 is 0 Å². The Hall–Kier alpha value is -1.35. The number of carbonyl (C=O) groups is 2.